The Labute approximate surface area is 301 Å². The first-order chi connectivity index (χ1) is 25.0. The molecule has 52 heavy (non-hydrogen) atoms. The third-order valence-electron chi connectivity index (χ3n) is 9.89. The van der Waals surface area contributed by atoms with E-state index < -0.39 is 17.5 Å². The standard InChI is InChI=1S/C40H40N8O4/c1-23(49)17-42-18-27-15-33-35(43-19-27)37(45-22-44-33)46-32-10-6-8-30(25(32)3)29-7-5-9-31(24(29)2)38-47-34-14-26(13-28(16-41)36(34)52-38)20-48-12-11-40(4,21-48)39(50)51/h5-10,13-15,19,22-23,42,49H,11-12,17-18,20-21H2,1-4H3,(H,50,51)(H,44,45,46)/t23?,40-/m1/s1. The molecular formula is C40H40N8O4. The van der Waals surface area contributed by atoms with Gasteiger partial charge in [0.25, 0.3) is 0 Å². The molecule has 1 aliphatic heterocycles. The summed E-state index contributed by atoms with van der Waals surface area (Å²) in [6, 6.07) is 20.1. The highest BCUT2D eigenvalue weighted by Crippen LogP contribution is 2.38. The Morgan fingerprint density at radius 1 is 1.04 bits per heavy atom. The molecule has 2 atom stereocenters. The second-order valence-corrected chi connectivity index (χ2v) is 13.9. The molecule has 1 fully saturated rings. The fraction of sp³-hybridized carbons (Fsp3) is 0.300. The topological polar surface area (TPSA) is 173 Å². The summed E-state index contributed by atoms with van der Waals surface area (Å²) in [6.07, 6.45) is 3.46. The molecule has 0 amide bonds. The maximum absolute atomic E-state index is 11.8. The van der Waals surface area contributed by atoms with Crippen LogP contribution in [-0.2, 0) is 17.9 Å². The van der Waals surface area contributed by atoms with E-state index in [2.05, 4.69) is 55.6 Å². The van der Waals surface area contributed by atoms with Gasteiger partial charge in [0.2, 0.25) is 5.89 Å². The van der Waals surface area contributed by atoms with E-state index in [1.54, 1.807) is 20.0 Å². The van der Waals surface area contributed by atoms with Crippen LogP contribution in [0.3, 0.4) is 0 Å². The number of anilines is 2. The number of pyridine rings is 1. The zero-order chi connectivity index (χ0) is 36.6. The van der Waals surface area contributed by atoms with Crippen LogP contribution in [0.5, 0.6) is 0 Å². The van der Waals surface area contributed by atoms with Gasteiger partial charge in [-0.2, -0.15) is 5.26 Å². The minimum atomic E-state index is -0.787. The number of oxazole rings is 1. The molecule has 6 aromatic rings. The predicted octanol–water partition coefficient (Wildman–Crippen LogP) is 6.50. The van der Waals surface area contributed by atoms with Gasteiger partial charge in [-0.3, -0.25) is 14.7 Å². The number of aromatic nitrogens is 4. The van der Waals surface area contributed by atoms with Gasteiger partial charge in [-0.1, -0.05) is 24.3 Å². The molecule has 7 rings (SSSR count). The van der Waals surface area contributed by atoms with Crippen LogP contribution >= 0.6 is 0 Å². The van der Waals surface area contributed by atoms with E-state index in [0.29, 0.717) is 78.5 Å². The van der Waals surface area contributed by atoms with E-state index in [9.17, 15) is 20.3 Å². The van der Waals surface area contributed by atoms with Crippen molar-refractivity contribution in [1.29, 1.82) is 5.26 Å². The lowest BCUT2D eigenvalue weighted by Gasteiger charge is -2.20. The Morgan fingerprint density at radius 2 is 1.79 bits per heavy atom. The van der Waals surface area contributed by atoms with Crippen molar-refractivity contribution in [2.45, 2.75) is 53.3 Å². The number of carbonyl (C=O) groups is 1. The number of rotatable bonds is 11. The van der Waals surface area contributed by atoms with Crippen molar-refractivity contribution in [2.24, 2.45) is 5.41 Å². The Bertz CT molecular complexity index is 2360. The first kappa shape index (κ1) is 34.7. The predicted molar refractivity (Wildman–Crippen MR) is 199 cm³/mol. The fourth-order valence-corrected chi connectivity index (χ4v) is 6.95. The summed E-state index contributed by atoms with van der Waals surface area (Å²) in [4.78, 5) is 32.4. The number of nitriles is 1. The van der Waals surface area contributed by atoms with E-state index in [0.717, 1.165) is 44.6 Å². The number of benzene rings is 3. The summed E-state index contributed by atoms with van der Waals surface area (Å²) in [6.45, 7) is 10.3. The van der Waals surface area contributed by atoms with Crippen LogP contribution in [0.15, 0.2) is 71.5 Å². The number of hydrogen-bond acceptors (Lipinski definition) is 11. The van der Waals surface area contributed by atoms with Crippen molar-refractivity contribution in [3.63, 3.8) is 0 Å². The molecule has 0 bridgehead atoms. The molecule has 0 radical (unpaired) electrons. The number of carboxylic acids is 1. The molecule has 1 saturated heterocycles. The van der Waals surface area contributed by atoms with E-state index >= 15 is 0 Å². The Kier molecular flexibility index (Phi) is 9.42. The van der Waals surface area contributed by atoms with E-state index in [1.807, 2.05) is 49.4 Å². The fourth-order valence-electron chi connectivity index (χ4n) is 6.95. The first-order valence-electron chi connectivity index (χ1n) is 17.3. The normalized spacial score (nSPS) is 16.7. The number of fused-ring (bicyclic) bond motifs is 2. The lowest BCUT2D eigenvalue weighted by atomic mass is 9.90. The van der Waals surface area contributed by atoms with E-state index in [-0.39, 0.29) is 0 Å². The molecule has 4 heterocycles. The van der Waals surface area contributed by atoms with Crippen LogP contribution in [-0.4, -0.2) is 66.8 Å². The third kappa shape index (κ3) is 6.81. The first-order valence-corrected chi connectivity index (χ1v) is 17.3. The molecule has 0 saturated carbocycles. The molecule has 3 aromatic heterocycles. The number of likely N-dealkylation sites (tertiary alicyclic amines) is 1. The second-order valence-electron chi connectivity index (χ2n) is 13.9. The number of hydrogen-bond donors (Lipinski definition) is 4. The number of nitrogens with zero attached hydrogens (tertiary/aromatic N) is 6. The van der Waals surface area contributed by atoms with Crippen LogP contribution in [0.4, 0.5) is 11.5 Å². The highest BCUT2D eigenvalue weighted by molar-refractivity contribution is 5.89. The average Bonchev–Trinajstić information content (AvgIpc) is 3.73. The molecule has 1 unspecified atom stereocenters. The van der Waals surface area contributed by atoms with Crippen molar-refractivity contribution in [3.05, 3.63) is 94.9 Å². The zero-order valence-corrected chi connectivity index (χ0v) is 29.6. The largest absolute Gasteiger partial charge is 0.481 e. The van der Waals surface area contributed by atoms with Gasteiger partial charge in [-0.15, -0.1) is 0 Å². The SMILES string of the molecule is Cc1c(Nc2ncnc3cc(CNCC(C)O)cnc23)cccc1-c1cccc(-c2nc3cc(CN4CC[C@@](C)(C(=O)O)C4)cc(C#N)c3o2)c1C. The molecule has 3 aromatic carbocycles. The van der Waals surface area contributed by atoms with Crippen molar-refractivity contribution in [2.75, 3.05) is 25.0 Å². The summed E-state index contributed by atoms with van der Waals surface area (Å²) in [5, 5.41) is 35.9. The molecule has 0 aliphatic carbocycles. The summed E-state index contributed by atoms with van der Waals surface area (Å²) < 4.78 is 6.28. The number of carboxylic acid groups (broad SMARTS) is 1. The van der Waals surface area contributed by atoms with Gasteiger partial charge >= 0.3 is 5.97 Å². The number of aliphatic carboxylic acids is 1. The van der Waals surface area contributed by atoms with Crippen molar-refractivity contribution < 1.29 is 19.4 Å². The van der Waals surface area contributed by atoms with Gasteiger partial charge in [0.05, 0.1) is 22.6 Å². The molecule has 12 nitrogen and oxygen atoms in total. The quantitative estimate of drug-likeness (QED) is 0.116. The highest BCUT2D eigenvalue weighted by Gasteiger charge is 2.40. The second kappa shape index (κ2) is 14.1. The van der Waals surface area contributed by atoms with Gasteiger partial charge in [-0.25, -0.2) is 15.0 Å². The van der Waals surface area contributed by atoms with Gasteiger partial charge in [0, 0.05) is 43.6 Å². The highest BCUT2D eigenvalue weighted by atomic mass is 16.4. The van der Waals surface area contributed by atoms with Gasteiger partial charge in [0.1, 0.15) is 23.4 Å². The summed E-state index contributed by atoms with van der Waals surface area (Å²) in [7, 11) is 0. The van der Waals surface area contributed by atoms with Gasteiger partial charge in [-0.05, 0) is 104 Å². The zero-order valence-electron chi connectivity index (χ0n) is 29.6. The Morgan fingerprint density at radius 3 is 2.54 bits per heavy atom. The monoisotopic (exact) mass is 696 g/mol. The molecule has 0 spiro atoms. The summed E-state index contributed by atoms with van der Waals surface area (Å²) in [5.74, 6) is 0.234. The summed E-state index contributed by atoms with van der Waals surface area (Å²) >= 11 is 0. The molecule has 12 heteroatoms. The molecule has 264 valence electrons. The average molecular weight is 697 g/mol. The van der Waals surface area contributed by atoms with Crippen molar-refractivity contribution in [3.8, 4) is 28.7 Å². The van der Waals surface area contributed by atoms with Crippen LogP contribution in [0, 0.1) is 30.6 Å². The van der Waals surface area contributed by atoms with E-state index in [1.165, 1.54) is 6.33 Å². The maximum atomic E-state index is 11.8. The van der Waals surface area contributed by atoms with Crippen LogP contribution in [0.2, 0.25) is 0 Å². The van der Waals surface area contributed by atoms with Crippen molar-refractivity contribution in [1.82, 2.24) is 30.2 Å². The van der Waals surface area contributed by atoms with Crippen LogP contribution < -0.4 is 10.6 Å². The number of nitrogens with one attached hydrogen (secondary N) is 2. The smallest absolute Gasteiger partial charge is 0.310 e. The maximum Gasteiger partial charge on any atom is 0.310 e. The van der Waals surface area contributed by atoms with Crippen LogP contribution in [0.1, 0.15) is 48.1 Å². The van der Waals surface area contributed by atoms with Crippen molar-refractivity contribution >= 4 is 39.6 Å². The molecular weight excluding hydrogens is 656 g/mol. The molecule has 1 aliphatic rings. The van der Waals surface area contributed by atoms with Gasteiger partial charge < -0.3 is 25.3 Å². The Hall–Kier alpha value is -5.74. The Balaban J connectivity index is 1.16. The molecule has 4 N–H and O–H groups in total. The summed E-state index contributed by atoms with van der Waals surface area (Å²) in [5.41, 5.74) is 9.58. The number of aliphatic hydroxyl groups is 1. The van der Waals surface area contributed by atoms with Gasteiger partial charge in [0.15, 0.2) is 11.4 Å². The lowest BCUT2D eigenvalue weighted by molar-refractivity contribution is -0.147. The minimum Gasteiger partial charge on any atom is -0.481 e. The third-order valence-corrected chi connectivity index (χ3v) is 9.89. The number of aliphatic hydroxyl groups excluding tert-OH is 1. The van der Waals surface area contributed by atoms with Crippen LogP contribution in [0.25, 0.3) is 44.7 Å². The van der Waals surface area contributed by atoms with E-state index in [4.69, 9.17) is 9.40 Å². The lowest BCUT2D eigenvalue weighted by Crippen LogP contribution is -2.31. The minimum absolute atomic E-state index is 0.394.